The summed E-state index contributed by atoms with van der Waals surface area (Å²) in [5, 5.41) is 0. The van der Waals surface area contributed by atoms with Crippen LogP contribution in [0.15, 0.2) is 40.5 Å². The number of aryl methyl sites for hydroxylation is 1. The van der Waals surface area contributed by atoms with Gasteiger partial charge in [0.25, 0.3) is 0 Å². The van der Waals surface area contributed by atoms with Crippen molar-refractivity contribution in [1.82, 2.24) is 4.31 Å². The molecule has 0 aliphatic carbocycles. The lowest BCUT2D eigenvalue weighted by Crippen LogP contribution is -2.37. The minimum Gasteiger partial charge on any atom is -0.482 e. The van der Waals surface area contributed by atoms with Gasteiger partial charge in [-0.1, -0.05) is 43.3 Å². The molecule has 0 spiro atoms. The molecular formula is C22H31NO3SSi. The maximum atomic E-state index is 12.9. The zero-order valence-electron chi connectivity index (χ0n) is 17.4. The zero-order chi connectivity index (χ0) is 20.4. The molecule has 1 aromatic rings. The van der Waals surface area contributed by atoms with Gasteiger partial charge < -0.3 is 4.74 Å². The van der Waals surface area contributed by atoms with Crippen molar-refractivity contribution in [1.29, 1.82) is 0 Å². The van der Waals surface area contributed by atoms with Gasteiger partial charge in [-0.2, -0.15) is 4.31 Å². The molecule has 0 radical (unpaired) electrons. The van der Waals surface area contributed by atoms with Crippen LogP contribution in [0.25, 0.3) is 0 Å². The van der Waals surface area contributed by atoms with Gasteiger partial charge in [-0.15, -0.1) is 5.54 Å². The molecule has 2 saturated heterocycles. The molecule has 152 valence electrons. The summed E-state index contributed by atoms with van der Waals surface area (Å²) in [7, 11) is -4.82. The van der Waals surface area contributed by atoms with Gasteiger partial charge in [-0.3, -0.25) is 0 Å². The summed E-state index contributed by atoms with van der Waals surface area (Å²) in [4.78, 5) is 0.379. The first-order valence-corrected chi connectivity index (χ1v) is 15.1. The molecule has 2 aliphatic rings. The molecule has 4 nitrogen and oxygen atoms in total. The zero-order valence-corrected chi connectivity index (χ0v) is 19.2. The predicted octanol–water partition coefficient (Wildman–Crippen LogP) is 4.48. The van der Waals surface area contributed by atoms with Crippen LogP contribution < -0.4 is 0 Å². The summed E-state index contributed by atoms with van der Waals surface area (Å²) in [6.45, 7) is 9.72. The number of sulfonamides is 1. The van der Waals surface area contributed by atoms with Gasteiger partial charge in [-0.25, -0.2) is 8.42 Å². The molecule has 0 unspecified atom stereocenters. The van der Waals surface area contributed by atoms with Crippen LogP contribution in [-0.2, 0) is 14.8 Å². The Morgan fingerprint density at radius 3 is 2.32 bits per heavy atom. The van der Waals surface area contributed by atoms with Crippen LogP contribution in [0.5, 0.6) is 0 Å². The highest BCUT2D eigenvalue weighted by Crippen LogP contribution is 2.31. The van der Waals surface area contributed by atoms with Crippen molar-refractivity contribution in [3.8, 4) is 11.5 Å². The summed E-state index contributed by atoms with van der Waals surface area (Å²) in [5.74, 6) is 4.40. The van der Waals surface area contributed by atoms with Gasteiger partial charge >= 0.3 is 0 Å². The highest BCUT2D eigenvalue weighted by molar-refractivity contribution is 7.89. The van der Waals surface area contributed by atoms with Gasteiger partial charge in [0.05, 0.1) is 10.7 Å². The van der Waals surface area contributed by atoms with Gasteiger partial charge in [0.2, 0.25) is 10.0 Å². The quantitative estimate of drug-likeness (QED) is 0.526. The Morgan fingerprint density at radius 1 is 1.07 bits per heavy atom. The molecule has 2 aliphatic heterocycles. The fourth-order valence-corrected chi connectivity index (χ4v) is 5.57. The summed E-state index contributed by atoms with van der Waals surface area (Å²) >= 11 is 0. The standard InChI is InChI=1S/C22H31NO3SSi/c1-18-8-10-21(11-9-18)27(24,25)23-15-12-19(13-16-23)22-7-5-6-20(26-22)14-17-28(2,3)4/h8-11,20H,5-7,12-13,15-16H2,1-4H3/t20-/m1/s1. The molecule has 0 bridgehead atoms. The van der Waals surface area contributed by atoms with E-state index in [2.05, 4.69) is 31.1 Å². The molecule has 0 amide bonds. The molecule has 0 saturated carbocycles. The van der Waals surface area contributed by atoms with Crippen LogP contribution in [0.3, 0.4) is 0 Å². The summed E-state index contributed by atoms with van der Waals surface area (Å²) in [5.41, 5.74) is 5.75. The molecular weight excluding hydrogens is 386 g/mol. The predicted molar refractivity (Wildman–Crippen MR) is 116 cm³/mol. The van der Waals surface area contributed by atoms with E-state index in [9.17, 15) is 8.42 Å². The number of hydrogen-bond donors (Lipinski definition) is 0. The van der Waals surface area contributed by atoms with E-state index in [1.165, 1.54) is 5.57 Å². The summed E-state index contributed by atoms with van der Waals surface area (Å²) < 4.78 is 33.6. The van der Waals surface area contributed by atoms with E-state index in [1.54, 1.807) is 16.4 Å². The van der Waals surface area contributed by atoms with E-state index in [4.69, 9.17) is 4.74 Å². The van der Waals surface area contributed by atoms with Crippen molar-refractivity contribution in [2.45, 2.75) is 69.7 Å². The van der Waals surface area contributed by atoms with E-state index in [1.807, 2.05) is 19.1 Å². The number of benzene rings is 1. The Bertz CT molecular complexity index is 892. The fraction of sp³-hybridized carbons (Fsp3) is 0.545. The Labute approximate surface area is 171 Å². The van der Waals surface area contributed by atoms with Crippen molar-refractivity contribution in [2.75, 3.05) is 13.1 Å². The monoisotopic (exact) mass is 417 g/mol. The largest absolute Gasteiger partial charge is 0.482 e. The number of allylic oxidation sites excluding steroid dienone is 1. The van der Waals surface area contributed by atoms with E-state index >= 15 is 0 Å². The molecule has 0 aromatic heterocycles. The normalized spacial score (nSPS) is 21.6. The first kappa shape index (κ1) is 21.2. The van der Waals surface area contributed by atoms with Crippen LogP contribution in [0.2, 0.25) is 19.6 Å². The van der Waals surface area contributed by atoms with Crippen LogP contribution in [0.1, 0.15) is 37.7 Å². The second-order valence-electron chi connectivity index (χ2n) is 8.76. The van der Waals surface area contributed by atoms with E-state index in [-0.39, 0.29) is 6.10 Å². The third-order valence-electron chi connectivity index (χ3n) is 5.14. The number of piperidine rings is 1. The van der Waals surface area contributed by atoms with Crippen LogP contribution in [0.4, 0.5) is 0 Å². The van der Waals surface area contributed by atoms with Gasteiger partial charge in [0.15, 0.2) is 6.10 Å². The van der Waals surface area contributed by atoms with Gasteiger partial charge in [-0.05, 0) is 50.3 Å². The van der Waals surface area contributed by atoms with Crippen LogP contribution >= 0.6 is 0 Å². The van der Waals surface area contributed by atoms with E-state index < -0.39 is 18.1 Å². The minimum atomic E-state index is -3.42. The van der Waals surface area contributed by atoms with Crippen molar-refractivity contribution >= 4 is 18.1 Å². The molecule has 28 heavy (non-hydrogen) atoms. The lowest BCUT2D eigenvalue weighted by molar-refractivity contribution is 0.110. The number of hydrogen-bond acceptors (Lipinski definition) is 3. The lowest BCUT2D eigenvalue weighted by atomic mass is 9.98. The third kappa shape index (κ3) is 5.28. The van der Waals surface area contributed by atoms with Gasteiger partial charge in [0, 0.05) is 19.5 Å². The second kappa shape index (κ2) is 8.44. The SMILES string of the molecule is Cc1ccc(S(=O)(=O)N2CCC(=C3CCC[C@H](C#C[Si](C)(C)C)O3)CC2)cc1. The summed E-state index contributed by atoms with van der Waals surface area (Å²) in [6, 6.07) is 7.10. The van der Waals surface area contributed by atoms with Crippen molar-refractivity contribution < 1.29 is 13.2 Å². The number of nitrogens with zero attached hydrogens (tertiary/aromatic N) is 1. The molecule has 3 rings (SSSR count). The fourth-order valence-electron chi connectivity index (χ4n) is 3.53. The smallest absolute Gasteiger partial charge is 0.243 e. The first-order chi connectivity index (χ1) is 13.1. The van der Waals surface area contributed by atoms with Crippen molar-refractivity contribution in [2.24, 2.45) is 0 Å². The Balaban J connectivity index is 1.67. The lowest BCUT2D eigenvalue weighted by Gasteiger charge is -2.31. The molecule has 1 aromatic carbocycles. The van der Waals surface area contributed by atoms with Crippen molar-refractivity contribution in [3.63, 3.8) is 0 Å². The van der Waals surface area contributed by atoms with Crippen molar-refractivity contribution in [3.05, 3.63) is 41.2 Å². The maximum Gasteiger partial charge on any atom is 0.243 e. The molecule has 0 N–H and O–H groups in total. The molecule has 2 heterocycles. The van der Waals surface area contributed by atoms with Crippen LogP contribution in [0, 0.1) is 18.4 Å². The number of rotatable bonds is 2. The summed E-state index contributed by atoms with van der Waals surface area (Å²) in [6.07, 6.45) is 4.52. The Kier molecular flexibility index (Phi) is 6.38. The van der Waals surface area contributed by atoms with E-state index in [0.717, 1.165) is 43.4 Å². The third-order valence-corrected chi connectivity index (χ3v) is 7.95. The molecule has 6 heteroatoms. The average Bonchev–Trinajstić information content (AvgIpc) is 2.66. The number of ether oxygens (including phenoxy) is 1. The second-order valence-corrected chi connectivity index (χ2v) is 15.4. The molecule has 2 fully saturated rings. The highest BCUT2D eigenvalue weighted by atomic mass is 32.2. The van der Waals surface area contributed by atoms with Crippen LogP contribution in [-0.4, -0.2) is 40.0 Å². The Hall–Kier alpha value is -1.55. The van der Waals surface area contributed by atoms with E-state index in [0.29, 0.717) is 18.0 Å². The molecule has 1 atom stereocenters. The highest BCUT2D eigenvalue weighted by Gasteiger charge is 2.29. The first-order valence-electron chi connectivity index (χ1n) is 10.1. The van der Waals surface area contributed by atoms with Gasteiger partial charge in [0.1, 0.15) is 8.07 Å². The Morgan fingerprint density at radius 2 is 1.71 bits per heavy atom. The topological polar surface area (TPSA) is 46.6 Å². The maximum absolute atomic E-state index is 12.9. The minimum absolute atomic E-state index is 0.00250. The average molecular weight is 418 g/mol.